The molecule has 1 aliphatic rings. The number of rotatable bonds is 7. The van der Waals surface area contributed by atoms with Crippen molar-refractivity contribution >= 4 is 50.6 Å². The van der Waals surface area contributed by atoms with E-state index in [-0.39, 0.29) is 11.7 Å². The Balaban J connectivity index is 1.34. The Morgan fingerprint density at radius 2 is 1.93 bits per heavy atom. The molecule has 0 aliphatic heterocycles. The first-order chi connectivity index (χ1) is 13.5. The van der Waals surface area contributed by atoms with Crippen LogP contribution in [0.1, 0.15) is 29.5 Å². The van der Waals surface area contributed by atoms with E-state index >= 15 is 0 Å². The zero-order valence-electron chi connectivity index (χ0n) is 15.9. The number of carbonyl (C=O) groups excluding carboxylic acids is 1. The molecule has 28 heavy (non-hydrogen) atoms. The Bertz CT molecular complexity index is 986. The van der Waals surface area contributed by atoms with Gasteiger partial charge >= 0.3 is 0 Å². The van der Waals surface area contributed by atoms with Gasteiger partial charge in [0.1, 0.15) is 0 Å². The standard InChI is InChI=1S/C19H21N5OS3/c1-10-6-11(2)16(12(3)7-10)14-8-26-17(21-14)22-15(25)9-27-19-24-23-18(28-19)20-13-4-5-13/h6-8,13H,4-5,9H2,1-3H3,(H,20,23)(H,21,22,25). The minimum atomic E-state index is -0.0878. The number of nitrogens with one attached hydrogen (secondary N) is 2. The van der Waals surface area contributed by atoms with E-state index in [0.717, 1.165) is 20.7 Å². The topological polar surface area (TPSA) is 79.8 Å². The van der Waals surface area contributed by atoms with Crippen molar-refractivity contribution in [1.82, 2.24) is 15.2 Å². The first kappa shape index (κ1) is 19.4. The Morgan fingerprint density at radius 3 is 2.64 bits per heavy atom. The molecule has 0 unspecified atom stereocenters. The molecular weight excluding hydrogens is 410 g/mol. The minimum absolute atomic E-state index is 0.0878. The molecule has 0 bridgehead atoms. The molecule has 1 fully saturated rings. The highest BCUT2D eigenvalue weighted by molar-refractivity contribution is 8.01. The van der Waals surface area contributed by atoms with Gasteiger partial charge in [-0.25, -0.2) is 4.98 Å². The molecule has 2 aromatic heterocycles. The summed E-state index contributed by atoms with van der Waals surface area (Å²) in [5.74, 6) is 0.199. The van der Waals surface area contributed by atoms with Gasteiger partial charge in [0.05, 0.1) is 11.4 Å². The molecule has 2 N–H and O–H groups in total. The van der Waals surface area contributed by atoms with Crippen molar-refractivity contribution in [2.45, 2.75) is 44.0 Å². The number of hydrogen-bond acceptors (Lipinski definition) is 8. The number of aryl methyl sites for hydroxylation is 3. The summed E-state index contributed by atoms with van der Waals surface area (Å²) in [4.78, 5) is 16.9. The minimum Gasteiger partial charge on any atom is -0.357 e. The van der Waals surface area contributed by atoms with Crippen LogP contribution in [0.4, 0.5) is 10.3 Å². The van der Waals surface area contributed by atoms with Crippen molar-refractivity contribution in [1.29, 1.82) is 0 Å². The molecule has 1 aliphatic carbocycles. The monoisotopic (exact) mass is 431 g/mol. The smallest absolute Gasteiger partial charge is 0.236 e. The van der Waals surface area contributed by atoms with Crippen LogP contribution < -0.4 is 10.6 Å². The van der Waals surface area contributed by atoms with Crippen LogP contribution in [0.5, 0.6) is 0 Å². The lowest BCUT2D eigenvalue weighted by molar-refractivity contribution is -0.113. The lowest BCUT2D eigenvalue weighted by Gasteiger charge is -2.08. The number of amides is 1. The molecule has 6 nitrogen and oxygen atoms in total. The van der Waals surface area contributed by atoms with Gasteiger partial charge in [-0.2, -0.15) is 0 Å². The van der Waals surface area contributed by atoms with Crippen LogP contribution in [0, 0.1) is 20.8 Å². The first-order valence-corrected chi connectivity index (χ1v) is 11.7. The third-order valence-corrected chi connectivity index (χ3v) is 7.07. The molecule has 3 aromatic rings. The molecule has 146 valence electrons. The maximum absolute atomic E-state index is 12.3. The lowest BCUT2D eigenvalue weighted by Crippen LogP contribution is -2.13. The van der Waals surface area contributed by atoms with Crippen LogP contribution in [-0.4, -0.2) is 32.9 Å². The summed E-state index contributed by atoms with van der Waals surface area (Å²) in [5, 5.41) is 17.9. The van der Waals surface area contributed by atoms with Gasteiger partial charge in [0.25, 0.3) is 0 Å². The summed E-state index contributed by atoms with van der Waals surface area (Å²) in [6.45, 7) is 6.28. The van der Waals surface area contributed by atoms with E-state index in [2.05, 4.69) is 58.7 Å². The lowest BCUT2D eigenvalue weighted by atomic mass is 9.98. The van der Waals surface area contributed by atoms with Crippen molar-refractivity contribution in [3.63, 3.8) is 0 Å². The number of hydrogen-bond donors (Lipinski definition) is 2. The van der Waals surface area contributed by atoms with Crippen LogP contribution in [0.15, 0.2) is 21.9 Å². The fraction of sp³-hybridized carbons (Fsp3) is 0.368. The van der Waals surface area contributed by atoms with E-state index in [0.29, 0.717) is 11.2 Å². The van der Waals surface area contributed by atoms with Crippen LogP contribution in [0.3, 0.4) is 0 Å². The van der Waals surface area contributed by atoms with E-state index in [1.165, 1.54) is 64.0 Å². The highest BCUT2D eigenvalue weighted by Crippen LogP contribution is 2.32. The van der Waals surface area contributed by atoms with E-state index in [1.807, 2.05) is 5.38 Å². The van der Waals surface area contributed by atoms with Gasteiger partial charge < -0.3 is 10.6 Å². The van der Waals surface area contributed by atoms with E-state index in [1.54, 1.807) is 0 Å². The Labute approximate surface area is 176 Å². The van der Waals surface area contributed by atoms with Crippen molar-refractivity contribution < 1.29 is 4.79 Å². The van der Waals surface area contributed by atoms with Gasteiger partial charge in [-0.15, -0.1) is 21.5 Å². The SMILES string of the molecule is Cc1cc(C)c(-c2csc(NC(=O)CSc3nnc(NC4CC4)s3)n2)c(C)c1. The molecule has 1 saturated carbocycles. The number of benzene rings is 1. The number of nitrogens with zero attached hydrogens (tertiary/aromatic N) is 3. The average Bonchev–Trinajstić information content (AvgIpc) is 3.13. The molecule has 1 amide bonds. The molecule has 2 heterocycles. The summed E-state index contributed by atoms with van der Waals surface area (Å²) in [6.07, 6.45) is 2.39. The predicted octanol–water partition coefficient (Wildman–Crippen LogP) is 4.89. The number of carbonyl (C=O) groups is 1. The highest BCUT2D eigenvalue weighted by atomic mass is 32.2. The van der Waals surface area contributed by atoms with E-state index in [9.17, 15) is 4.79 Å². The van der Waals surface area contributed by atoms with Gasteiger partial charge in [0.15, 0.2) is 9.47 Å². The normalized spacial score (nSPS) is 13.5. The first-order valence-electron chi connectivity index (χ1n) is 9.04. The zero-order chi connectivity index (χ0) is 19.7. The number of thioether (sulfide) groups is 1. The van der Waals surface area contributed by atoms with E-state index < -0.39 is 0 Å². The van der Waals surface area contributed by atoms with Crippen molar-refractivity contribution in [2.75, 3.05) is 16.4 Å². The van der Waals surface area contributed by atoms with Crippen LogP contribution in [-0.2, 0) is 4.79 Å². The van der Waals surface area contributed by atoms with E-state index in [4.69, 9.17) is 0 Å². The van der Waals surface area contributed by atoms with Gasteiger partial charge in [-0.3, -0.25) is 4.79 Å². The molecule has 0 radical (unpaired) electrons. The summed E-state index contributed by atoms with van der Waals surface area (Å²) in [7, 11) is 0. The van der Waals surface area contributed by atoms with Crippen molar-refractivity contribution in [3.05, 3.63) is 34.2 Å². The third-order valence-electron chi connectivity index (χ3n) is 4.32. The second-order valence-electron chi connectivity index (χ2n) is 6.94. The van der Waals surface area contributed by atoms with Gasteiger partial charge in [-0.1, -0.05) is 40.8 Å². The van der Waals surface area contributed by atoms with Crippen molar-refractivity contribution in [3.8, 4) is 11.3 Å². The number of aromatic nitrogens is 3. The number of thiazole rings is 1. The molecule has 0 atom stereocenters. The summed E-state index contributed by atoms with van der Waals surface area (Å²) in [6, 6.07) is 4.87. The maximum Gasteiger partial charge on any atom is 0.236 e. The van der Waals surface area contributed by atoms with Gasteiger partial charge in [-0.05, 0) is 44.7 Å². The number of anilines is 2. The second-order valence-corrected chi connectivity index (χ2v) is 10.00. The van der Waals surface area contributed by atoms with Gasteiger partial charge in [0.2, 0.25) is 11.0 Å². The average molecular weight is 432 g/mol. The predicted molar refractivity (Wildman–Crippen MR) is 118 cm³/mol. The fourth-order valence-electron chi connectivity index (χ4n) is 3.04. The Kier molecular flexibility index (Phi) is 5.65. The summed E-state index contributed by atoms with van der Waals surface area (Å²) >= 11 is 4.33. The Morgan fingerprint density at radius 1 is 1.18 bits per heavy atom. The summed E-state index contributed by atoms with van der Waals surface area (Å²) < 4.78 is 0.795. The van der Waals surface area contributed by atoms with Crippen LogP contribution in [0.25, 0.3) is 11.3 Å². The fourth-order valence-corrected chi connectivity index (χ4v) is 5.39. The maximum atomic E-state index is 12.3. The highest BCUT2D eigenvalue weighted by Gasteiger charge is 2.22. The van der Waals surface area contributed by atoms with Crippen LogP contribution in [0.2, 0.25) is 0 Å². The molecule has 9 heteroatoms. The molecule has 0 saturated heterocycles. The van der Waals surface area contributed by atoms with Crippen LogP contribution >= 0.6 is 34.4 Å². The van der Waals surface area contributed by atoms with Gasteiger partial charge in [0, 0.05) is 17.0 Å². The molecule has 1 aromatic carbocycles. The second kappa shape index (κ2) is 8.18. The summed E-state index contributed by atoms with van der Waals surface area (Å²) in [5.41, 5.74) is 5.68. The molecule has 4 rings (SSSR count). The molecular formula is C19H21N5OS3. The Hall–Kier alpha value is -1.97. The third kappa shape index (κ3) is 4.71. The van der Waals surface area contributed by atoms with Crippen molar-refractivity contribution in [2.24, 2.45) is 0 Å². The molecule has 0 spiro atoms. The quantitative estimate of drug-likeness (QED) is 0.518. The largest absolute Gasteiger partial charge is 0.357 e. The zero-order valence-corrected chi connectivity index (χ0v) is 18.4.